The highest BCUT2D eigenvalue weighted by Gasteiger charge is 2.61. The summed E-state index contributed by atoms with van der Waals surface area (Å²) in [6.45, 7) is 3.21. The summed E-state index contributed by atoms with van der Waals surface area (Å²) >= 11 is 0. The highest BCUT2D eigenvalue weighted by molar-refractivity contribution is 7.54. The first kappa shape index (κ1) is 18.3. The number of hydrogen-bond acceptors (Lipinski definition) is 4. The van der Waals surface area contributed by atoms with E-state index in [0.29, 0.717) is 0 Å². The molecule has 2 unspecified atom stereocenters. The maximum absolute atomic E-state index is 11.6. The molecule has 0 radical (unpaired) electrons. The maximum atomic E-state index is 11.6. The molecule has 114 valence electrons. The minimum absolute atomic E-state index is 0.521. The standard InChI is InChI=1S/C10H15O9P/c1-2-3-6(8(13)14)10(9(15)16,20(17,18)19)5-4-7(11)12/h2,6H,1,3-5H2,(H,11,12)(H,13,14)(H,15,16)(H2,17,18,19). The van der Waals surface area contributed by atoms with Crippen LogP contribution in [0.3, 0.4) is 0 Å². The Balaban J connectivity index is 6.02. The topological polar surface area (TPSA) is 169 Å². The zero-order valence-corrected chi connectivity index (χ0v) is 11.2. The van der Waals surface area contributed by atoms with Crippen molar-refractivity contribution in [3.8, 4) is 0 Å². The smallest absolute Gasteiger partial charge is 0.343 e. The fourth-order valence-corrected chi connectivity index (χ4v) is 3.14. The summed E-state index contributed by atoms with van der Waals surface area (Å²) in [6.07, 6.45) is -1.41. The molecule has 0 amide bonds. The first-order valence-electron chi connectivity index (χ1n) is 5.35. The highest BCUT2D eigenvalue weighted by Crippen LogP contribution is 2.58. The summed E-state index contributed by atoms with van der Waals surface area (Å²) in [7, 11) is -5.45. The molecule has 0 saturated carbocycles. The second-order valence-corrected chi connectivity index (χ2v) is 5.97. The first-order chi connectivity index (χ1) is 9.00. The van der Waals surface area contributed by atoms with Gasteiger partial charge in [-0.3, -0.25) is 18.9 Å². The van der Waals surface area contributed by atoms with Crippen LogP contribution in [0.25, 0.3) is 0 Å². The lowest BCUT2D eigenvalue weighted by Gasteiger charge is -2.34. The average molecular weight is 310 g/mol. The molecule has 0 rings (SSSR count). The van der Waals surface area contributed by atoms with Gasteiger partial charge >= 0.3 is 25.5 Å². The normalized spacial score (nSPS) is 15.9. The van der Waals surface area contributed by atoms with Crippen molar-refractivity contribution in [3.05, 3.63) is 12.7 Å². The summed E-state index contributed by atoms with van der Waals surface area (Å²) in [5, 5.41) is 23.7. The van der Waals surface area contributed by atoms with E-state index < -0.39 is 55.8 Å². The van der Waals surface area contributed by atoms with Gasteiger partial charge in [-0.15, -0.1) is 6.58 Å². The molecule has 20 heavy (non-hydrogen) atoms. The van der Waals surface area contributed by atoms with Gasteiger partial charge in [-0.05, 0) is 12.8 Å². The number of rotatable bonds is 9. The van der Waals surface area contributed by atoms with Gasteiger partial charge in [-0.2, -0.15) is 0 Å². The minimum Gasteiger partial charge on any atom is -0.481 e. The molecule has 5 N–H and O–H groups in total. The Labute approximate surface area is 113 Å². The Morgan fingerprint density at radius 3 is 1.95 bits per heavy atom. The van der Waals surface area contributed by atoms with Gasteiger partial charge in [0.05, 0.1) is 5.92 Å². The molecule has 0 aliphatic rings. The van der Waals surface area contributed by atoms with Crippen molar-refractivity contribution in [1.82, 2.24) is 0 Å². The van der Waals surface area contributed by atoms with Crippen molar-refractivity contribution in [1.29, 1.82) is 0 Å². The van der Waals surface area contributed by atoms with Crippen LogP contribution < -0.4 is 0 Å². The third-order valence-corrected chi connectivity index (χ3v) is 4.65. The van der Waals surface area contributed by atoms with Gasteiger partial charge < -0.3 is 25.1 Å². The second kappa shape index (κ2) is 6.65. The summed E-state index contributed by atoms with van der Waals surface area (Å²) in [5.41, 5.74) is 0. The molecule has 2 atom stereocenters. The van der Waals surface area contributed by atoms with Crippen molar-refractivity contribution < 1.29 is 44.1 Å². The average Bonchev–Trinajstić information content (AvgIpc) is 2.25. The van der Waals surface area contributed by atoms with Crippen LogP contribution in [0.2, 0.25) is 0 Å². The molecule has 0 aliphatic carbocycles. The number of hydrogen-bond donors (Lipinski definition) is 5. The maximum Gasteiger partial charge on any atom is 0.343 e. The Morgan fingerprint density at radius 2 is 1.70 bits per heavy atom. The van der Waals surface area contributed by atoms with Crippen LogP contribution >= 0.6 is 7.60 Å². The Hall–Kier alpha value is -1.70. The molecule has 0 saturated heterocycles. The van der Waals surface area contributed by atoms with Crippen molar-refractivity contribution in [2.24, 2.45) is 5.92 Å². The molecule has 9 nitrogen and oxygen atoms in total. The summed E-state index contributed by atoms with van der Waals surface area (Å²) in [6, 6.07) is 0. The quantitative estimate of drug-likeness (QED) is 0.293. The fourth-order valence-electron chi connectivity index (χ4n) is 1.87. The Kier molecular flexibility index (Phi) is 6.08. The van der Waals surface area contributed by atoms with Gasteiger partial charge in [-0.25, -0.2) is 0 Å². The van der Waals surface area contributed by atoms with Gasteiger partial charge in [0.25, 0.3) is 0 Å². The van der Waals surface area contributed by atoms with Crippen molar-refractivity contribution in [2.75, 3.05) is 0 Å². The number of carboxylic acids is 3. The van der Waals surface area contributed by atoms with Crippen LogP contribution in [0.4, 0.5) is 0 Å². The minimum atomic E-state index is -5.45. The molecule has 0 aromatic carbocycles. The van der Waals surface area contributed by atoms with E-state index in [4.69, 9.17) is 15.3 Å². The fraction of sp³-hybridized carbons (Fsp3) is 0.500. The molecular formula is C10H15O9P. The van der Waals surface area contributed by atoms with Crippen LogP contribution in [-0.4, -0.2) is 48.2 Å². The van der Waals surface area contributed by atoms with Gasteiger partial charge in [0.2, 0.25) is 0 Å². The third kappa shape index (κ3) is 3.66. The lowest BCUT2D eigenvalue weighted by molar-refractivity contribution is -0.153. The van der Waals surface area contributed by atoms with Gasteiger partial charge in [-0.1, -0.05) is 6.08 Å². The predicted octanol–water partition coefficient (Wildman–Crippen LogP) is 0.129. The van der Waals surface area contributed by atoms with E-state index in [2.05, 4.69) is 6.58 Å². The Bertz CT molecular complexity index is 465. The number of carbonyl (C=O) groups is 3. The summed E-state index contributed by atoms with van der Waals surface area (Å²) in [5.74, 6) is -7.29. The Morgan fingerprint density at radius 1 is 1.20 bits per heavy atom. The second-order valence-electron chi connectivity index (χ2n) is 4.08. The van der Waals surface area contributed by atoms with Gasteiger partial charge in [0, 0.05) is 6.42 Å². The molecule has 0 aliphatic heterocycles. The van der Waals surface area contributed by atoms with Crippen LogP contribution in [-0.2, 0) is 18.9 Å². The SMILES string of the molecule is C=CCC(C(=O)O)C(CCC(=O)O)(C(=O)O)P(=O)(O)O. The molecular weight excluding hydrogens is 295 g/mol. The van der Waals surface area contributed by atoms with E-state index in [0.717, 1.165) is 6.08 Å². The monoisotopic (exact) mass is 310 g/mol. The molecule has 0 bridgehead atoms. The molecule has 0 aromatic heterocycles. The van der Waals surface area contributed by atoms with Gasteiger partial charge in [0.1, 0.15) is 0 Å². The largest absolute Gasteiger partial charge is 0.481 e. The summed E-state index contributed by atoms with van der Waals surface area (Å²) in [4.78, 5) is 51.6. The van der Waals surface area contributed by atoms with Crippen molar-refractivity contribution in [3.63, 3.8) is 0 Å². The van der Waals surface area contributed by atoms with E-state index in [-0.39, 0.29) is 0 Å². The van der Waals surface area contributed by atoms with Crippen LogP contribution in [0, 0.1) is 5.92 Å². The van der Waals surface area contributed by atoms with E-state index in [1.54, 1.807) is 0 Å². The van der Waals surface area contributed by atoms with Crippen molar-refractivity contribution in [2.45, 2.75) is 24.4 Å². The molecule has 0 heterocycles. The first-order valence-corrected chi connectivity index (χ1v) is 6.96. The van der Waals surface area contributed by atoms with Crippen LogP contribution in [0.15, 0.2) is 12.7 Å². The number of allylic oxidation sites excluding steroid dienone is 1. The lowest BCUT2D eigenvalue weighted by atomic mass is 9.84. The zero-order valence-electron chi connectivity index (χ0n) is 10.3. The highest BCUT2D eigenvalue weighted by atomic mass is 31.2. The lowest BCUT2D eigenvalue weighted by Crippen LogP contribution is -2.49. The third-order valence-electron chi connectivity index (χ3n) is 2.89. The molecule has 0 fully saturated rings. The molecule has 0 aromatic rings. The summed E-state index contributed by atoms with van der Waals surface area (Å²) < 4.78 is 11.6. The number of carboxylic acid groups (broad SMARTS) is 3. The van der Waals surface area contributed by atoms with Crippen LogP contribution in [0.5, 0.6) is 0 Å². The number of aliphatic carboxylic acids is 3. The van der Waals surface area contributed by atoms with E-state index in [1.165, 1.54) is 0 Å². The molecule has 10 heteroatoms. The van der Waals surface area contributed by atoms with Gasteiger partial charge in [0.15, 0.2) is 5.16 Å². The van der Waals surface area contributed by atoms with Crippen LogP contribution in [0.1, 0.15) is 19.3 Å². The molecule has 0 spiro atoms. The predicted molar refractivity (Wildman–Crippen MR) is 65.2 cm³/mol. The van der Waals surface area contributed by atoms with E-state index >= 15 is 0 Å². The van der Waals surface area contributed by atoms with E-state index in [9.17, 15) is 28.7 Å². The van der Waals surface area contributed by atoms with E-state index in [1.807, 2.05) is 0 Å². The van der Waals surface area contributed by atoms with Crippen molar-refractivity contribution >= 4 is 25.5 Å². The zero-order chi connectivity index (χ0) is 16.1.